The molecule has 162 valence electrons. The molecule has 1 unspecified atom stereocenters. The van der Waals surface area contributed by atoms with Crippen molar-refractivity contribution in [1.29, 1.82) is 0 Å². The van der Waals surface area contributed by atoms with Crippen molar-refractivity contribution in [2.75, 3.05) is 32.1 Å². The van der Waals surface area contributed by atoms with E-state index in [0.717, 1.165) is 25.9 Å². The van der Waals surface area contributed by atoms with E-state index in [2.05, 4.69) is 15.4 Å². The quantitative estimate of drug-likeness (QED) is 0.696. The number of carboxylic acid groups (broad SMARTS) is 1. The number of ether oxygens (including phenoxy) is 1. The van der Waals surface area contributed by atoms with Crippen molar-refractivity contribution in [3.8, 4) is 17.1 Å². The third kappa shape index (κ3) is 4.28. The van der Waals surface area contributed by atoms with Crippen LogP contribution in [0.4, 0.5) is 10.2 Å². The van der Waals surface area contributed by atoms with Gasteiger partial charge in [-0.15, -0.1) is 0 Å². The number of aromatic carboxylic acids is 1. The van der Waals surface area contributed by atoms with Crippen LogP contribution < -0.4 is 10.1 Å². The van der Waals surface area contributed by atoms with Crippen LogP contribution in [-0.4, -0.2) is 53.9 Å². The van der Waals surface area contributed by atoms with Gasteiger partial charge in [-0.2, -0.15) is 0 Å². The number of carbonyl (C=O) groups is 1. The molecule has 1 saturated heterocycles. The highest BCUT2D eigenvalue weighted by Gasteiger charge is 2.29. The van der Waals surface area contributed by atoms with Gasteiger partial charge in [0.15, 0.2) is 28.7 Å². The molecule has 1 saturated carbocycles. The lowest BCUT2D eigenvalue weighted by Crippen LogP contribution is -2.43. The second-order valence-corrected chi connectivity index (χ2v) is 8.21. The van der Waals surface area contributed by atoms with Gasteiger partial charge in [-0.3, -0.25) is 0 Å². The molecular weight excluding hydrogens is 389 g/mol. The molecule has 0 spiro atoms. The van der Waals surface area contributed by atoms with Crippen molar-refractivity contribution < 1.29 is 23.6 Å². The van der Waals surface area contributed by atoms with Crippen LogP contribution in [0.5, 0.6) is 5.75 Å². The number of hydrogen-bond acceptors (Lipinski definition) is 6. The summed E-state index contributed by atoms with van der Waals surface area (Å²) in [5.74, 6) is -0.928. The summed E-state index contributed by atoms with van der Waals surface area (Å²) in [7, 11) is 1.35. The normalized spacial score (nSPS) is 20.4. The Balaban J connectivity index is 1.47. The van der Waals surface area contributed by atoms with Gasteiger partial charge in [0.25, 0.3) is 0 Å². The van der Waals surface area contributed by atoms with Crippen LogP contribution in [0.3, 0.4) is 0 Å². The molecule has 0 bridgehead atoms. The SMILES string of the molecule is COc1cc(-c2onc(NCC3CCCN(C4CCCC4)C3)c2C(=O)O)ccc1F. The molecule has 1 aliphatic carbocycles. The number of anilines is 1. The van der Waals surface area contributed by atoms with Gasteiger partial charge in [-0.25, -0.2) is 9.18 Å². The van der Waals surface area contributed by atoms with E-state index in [1.807, 2.05) is 0 Å². The number of halogens is 1. The predicted octanol–water partition coefficient (Wildman–Crippen LogP) is 4.25. The van der Waals surface area contributed by atoms with Gasteiger partial charge in [-0.1, -0.05) is 18.0 Å². The zero-order chi connectivity index (χ0) is 21.1. The Morgan fingerprint density at radius 1 is 1.33 bits per heavy atom. The number of nitrogens with zero attached hydrogens (tertiary/aromatic N) is 2. The summed E-state index contributed by atoms with van der Waals surface area (Å²) in [4.78, 5) is 14.5. The molecule has 7 nitrogen and oxygen atoms in total. The Bertz CT molecular complexity index is 895. The van der Waals surface area contributed by atoms with E-state index < -0.39 is 11.8 Å². The first kappa shape index (κ1) is 20.7. The molecule has 8 heteroatoms. The summed E-state index contributed by atoms with van der Waals surface area (Å²) in [5.41, 5.74) is 0.350. The minimum absolute atomic E-state index is 0.0176. The van der Waals surface area contributed by atoms with E-state index >= 15 is 0 Å². The Kier molecular flexibility index (Phi) is 6.22. The van der Waals surface area contributed by atoms with Gasteiger partial charge in [0.05, 0.1) is 7.11 Å². The number of likely N-dealkylation sites (tertiary alicyclic amines) is 1. The van der Waals surface area contributed by atoms with E-state index in [-0.39, 0.29) is 22.9 Å². The molecule has 2 fully saturated rings. The number of aromatic nitrogens is 1. The summed E-state index contributed by atoms with van der Waals surface area (Å²) >= 11 is 0. The smallest absolute Gasteiger partial charge is 0.343 e. The minimum atomic E-state index is -1.15. The first-order chi connectivity index (χ1) is 14.6. The molecule has 2 aromatic rings. The highest BCUT2D eigenvalue weighted by Crippen LogP contribution is 2.33. The number of nitrogens with one attached hydrogen (secondary N) is 1. The molecule has 1 aromatic heterocycles. The van der Waals surface area contributed by atoms with Crippen LogP contribution >= 0.6 is 0 Å². The van der Waals surface area contributed by atoms with Crippen LogP contribution in [0.1, 0.15) is 48.9 Å². The van der Waals surface area contributed by atoms with Gasteiger partial charge in [0.2, 0.25) is 0 Å². The second kappa shape index (κ2) is 9.04. The zero-order valence-corrected chi connectivity index (χ0v) is 17.2. The highest BCUT2D eigenvalue weighted by molar-refractivity contribution is 5.99. The van der Waals surface area contributed by atoms with E-state index in [4.69, 9.17) is 9.26 Å². The van der Waals surface area contributed by atoms with Crippen LogP contribution in [-0.2, 0) is 0 Å². The first-order valence-corrected chi connectivity index (χ1v) is 10.6. The monoisotopic (exact) mass is 417 g/mol. The van der Waals surface area contributed by atoms with Gasteiger partial charge < -0.3 is 24.6 Å². The Morgan fingerprint density at radius 2 is 2.13 bits per heavy atom. The maximum Gasteiger partial charge on any atom is 0.343 e. The fourth-order valence-corrected chi connectivity index (χ4v) is 4.71. The number of piperidine rings is 1. The summed E-state index contributed by atoms with van der Waals surface area (Å²) in [6.07, 6.45) is 7.49. The number of rotatable bonds is 7. The van der Waals surface area contributed by atoms with Crippen LogP contribution in [0, 0.1) is 11.7 Å². The molecule has 0 radical (unpaired) electrons. The molecule has 4 rings (SSSR count). The second-order valence-electron chi connectivity index (χ2n) is 8.21. The van der Waals surface area contributed by atoms with Gasteiger partial charge >= 0.3 is 5.97 Å². The van der Waals surface area contributed by atoms with Crippen molar-refractivity contribution >= 4 is 11.8 Å². The lowest BCUT2D eigenvalue weighted by molar-refractivity contribution is 0.0698. The Labute approximate surface area is 175 Å². The fourth-order valence-electron chi connectivity index (χ4n) is 4.71. The maximum absolute atomic E-state index is 13.7. The van der Waals surface area contributed by atoms with E-state index in [0.29, 0.717) is 24.1 Å². The van der Waals surface area contributed by atoms with Crippen LogP contribution in [0.2, 0.25) is 0 Å². The number of carboxylic acids is 1. The summed E-state index contributed by atoms with van der Waals surface area (Å²) in [6.45, 7) is 2.82. The summed E-state index contributed by atoms with van der Waals surface area (Å²) in [6, 6.07) is 4.78. The van der Waals surface area contributed by atoms with Crippen molar-refractivity contribution in [1.82, 2.24) is 10.1 Å². The van der Waals surface area contributed by atoms with E-state index in [9.17, 15) is 14.3 Å². The molecule has 2 N–H and O–H groups in total. The Hall–Kier alpha value is -2.61. The highest BCUT2D eigenvalue weighted by atomic mass is 19.1. The average Bonchev–Trinajstić information content (AvgIpc) is 3.43. The zero-order valence-electron chi connectivity index (χ0n) is 17.2. The molecule has 1 aliphatic heterocycles. The topological polar surface area (TPSA) is 87.8 Å². The average molecular weight is 417 g/mol. The van der Waals surface area contributed by atoms with Gasteiger partial charge in [-0.05, 0) is 56.3 Å². The molecule has 30 heavy (non-hydrogen) atoms. The fraction of sp³-hybridized carbons (Fsp3) is 0.545. The molecular formula is C22H28FN3O4. The first-order valence-electron chi connectivity index (χ1n) is 10.6. The van der Waals surface area contributed by atoms with Crippen molar-refractivity contribution in [3.05, 3.63) is 29.6 Å². The largest absolute Gasteiger partial charge is 0.494 e. The third-order valence-electron chi connectivity index (χ3n) is 6.27. The van der Waals surface area contributed by atoms with E-state index in [1.54, 1.807) is 0 Å². The maximum atomic E-state index is 13.7. The molecule has 1 aromatic carbocycles. The molecule has 2 aliphatic rings. The van der Waals surface area contributed by atoms with Crippen molar-refractivity contribution in [3.63, 3.8) is 0 Å². The van der Waals surface area contributed by atoms with Gasteiger partial charge in [0, 0.05) is 24.7 Å². The number of benzene rings is 1. The molecule has 1 atom stereocenters. The lowest BCUT2D eigenvalue weighted by Gasteiger charge is -2.36. The third-order valence-corrected chi connectivity index (χ3v) is 6.27. The minimum Gasteiger partial charge on any atom is -0.494 e. The summed E-state index contributed by atoms with van der Waals surface area (Å²) in [5, 5.41) is 16.9. The Morgan fingerprint density at radius 3 is 2.87 bits per heavy atom. The predicted molar refractivity (Wildman–Crippen MR) is 110 cm³/mol. The van der Waals surface area contributed by atoms with E-state index in [1.165, 1.54) is 51.0 Å². The standard InChI is InChI=1S/C22H28FN3O4/c1-29-18-11-15(8-9-17(18)23)20-19(22(27)28)21(25-30-20)24-12-14-5-4-10-26(13-14)16-6-2-3-7-16/h8-9,11,14,16H,2-7,10,12-13H2,1H3,(H,24,25)(H,27,28). The van der Waals surface area contributed by atoms with Gasteiger partial charge in [0.1, 0.15) is 0 Å². The van der Waals surface area contributed by atoms with Crippen molar-refractivity contribution in [2.45, 2.75) is 44.6 Å². The lowest BCUT2D eigenvalue weighted by atomic mass is 9.96. The van der Waals surface area contributed by atoms with Crippen molar-refractivity contribution in [2.24, 2.45) is 5.92 Å². The van der Waals surface area contributed by atoms with Crippen LogP contribution in [0.15, 0.2) is 22.7 Å². The number of hydrogen-bond donors (Lipinski definition) is 2. The molecule has 0 amide bonds. The molecule has 2 heterocycles. The van der Waals surface area contributed by atoms with Crippen LogP contribution in [0.25, 0.3) is 11.3 Å². The summed E-state index contributed by atoms with van der Waals surface area (Å²) < 4.78 is 24.0. The number of methoxy groups -OCH3 is 1.